The summed E-state index contributed by atoms with van der Waals surface area (Å²) >= 11 is 0. The number of carbonyl (C=O) groups excluding carboxylic acids is 1. The third-order valence-corrected chi connectivity index (χ3v) is 2.01. The summed E-state index contributed by atoms with van der Waals surface area (Å²) in [4.78, 5) is 9.99. The maximum absolute atomic E-state index is 9.99. The van der Waals surface area contributed by atoms with Gasteiger partial charge in [-0.3, -0.25) is 4.79 Å². The number of nitrogens with one attached hydrogen (secondary N) is 1. The summed E-state index contributed by atoms with van der Waals surface area (Å²) < 4.78 is 2.02. The van der Waals surface area contributed by atoms with Gasteiger partial charge in [0.2, 0.25) is 0 Å². The molecule has 3 heteroatoms. The highest BCUT2D eigenvalue weighted by molar-refractivity contribution is 5.57. The predicted octanol–water partition coefficient (Wildman–Crippen LogP) is 1.10. The number of amides is 1. The van der Waals surface area contributed by atoms with Gasteiger partial charge in [-0.25, -0.2) is 0 Å². The number of rotatable bonds is 3. The number of pyridine rings is 1. The van der Waals surface area contributed by atoms with E-state index in [0.717, 1.165) is 11.1 Å². The topological polar surface area (TPSA) is 33.5 Å². The van der Waals surface area contributed by atoms with Gasteiger partial charge in [0.15, 0.2) is 0 Å². The average Bonchev–Trinajstić information content (AvgIpc) is 2.58. The van der Waals surface area contributed by atoms with Gasteiger partial charge in [-0.1, -0.05) is 6.07 Å². The molecular weight excluding hydrogens is 164 g/mol. The lowest BCUT2D eigenvalue weighted by molar-refractivity contribution is 0.542. The van der Waals surface area contributed by atoms with Gasteiger partial charge in [0.1, 0.15) is 0 Å². The molecule has 1 N–H and O–H groups in total. The lowest BCUT2D eigenvalue weighted by Gasteiger charge is -1.97. The van der Waals surface area contributed by atoms with Gasteiger partial charge in [-0.2, -0.15) is 0 Å². The van der Waals surface area contributed by atoms with Crippen molar-refractivity contribution < 1.29 is 4.79 Å². The molecule has 2 heterocycles. The lowest BCUT2D eigenvalue weighted by Crippen LogP contribution is -2.09. The Kier molecular flexibility index (Phi) is 2.00. The molecule has 2 aromatic heterocycles. The van der Waals surface area contributed by atoms with Crippen molar-refractivity contribution in [1.82, 2.24) is 9.72 Å². The van der Waals surface area contributed by atoms with Crippen LogP contribution in [0.4, 0.5) is 0 Å². The van der Waals surface area contributed by atoms with Crippen molar-refractivity contribution in [3.63, 3.8) is 0 Å². The lowest BCUT2D eigenvalue weighted by atomic mass is 10.2. The van der Waals surface area contributed by atoms with Gasteiger partial charge in [0, 0.05) is 24.5 Å². The second-order valence-corrected chi connectivity index (χ2v) is 2.79. The molecule has 2 rings (SSSR count). The molecule has 1 radical (unpaired) electrons. The highest BCUT2D eigenvalue weighted by Gasteiger charge is 1.99. The summed E-state index contributed by atoms with van der Waals surface area (Å²) in [6.45, 7) is 0.532. The van der Waals surface area contributed by atoms with Crippen LogP contribution in [0, 0.1) is 0 Å². The van der Waals surface area contributed by atoms with Gasteiger partial charge in [0.05, 0.1) is 0 Å². The van der Waals surface area contributed by atoms with E-state index in [1.165, 1.54) is 0 Å². The summed E-state index contributed by atoms with van der Waals surface area (Å²) in [5.74, 6) is 0. The Labute approximate surface area is 76.0 Å². The third kappa shape index (κ3) is 1.40. The van der Waals surface area contributed by atoms with Crippen molar-refractivity contribution in [3.05, 3.63) is 42.2 Å². The monoisotopic (exact) mass is 173 g/mol. The van der Waals surface area contributed by atoms with Crippen LogP contribution in [-0.4, -0.2) is 10.8 Å². The van der Waals surface area contributed by atoms with Gasteiger partial charge in [0.25, 0.3) is 0 Å². The number of fused-ring (bicyclic) bond motifs is 1. The highest BCUT2D eigenvalue weighted by atomic mass is 16.1. The minimum absolute atomic E-state index is 0.532. The third-order valence-electron chi connectivity index (χ3n) is 2.01. The summed E-state index contributed by atoms with van der Waals surface area (Å²) in [5, 5.41) is 2.52. The zero-order chi connectivity index (χ0) is 9.10. The van der Waals surface area contributed by atoms with Crippen LogP contribution in [0.1, 0.15) is 5.56 Å². The highest BCUT2D eigenvalue weighted by Crippen LogP contribution is 2.11. The van der Waals surface area contributed by atoms with Gasteiger partial charge in [-0.15, -0.1) is 0 Å². The molecule has 0 saturated heterocycles. The average molecular weight is 173 g/mol. The molecule has 3 nitrogen and oxygen atoms in total. The number of hydrogen-bond acceptors (Lipinski definition) is 1. The first kappa shape index (κ1) is 7.86. The second kappa shape index (κ2) is 3.31. The van der Waals surface area contributed by atoms with E-state index in [4.69, 9.17) is 0 Å². The normalized spacial score (nSPS) is 10.2. The quantitative estimate of drug-likeness (QED) is 0.693. The maximum atomic E-state index is 9.99. The zero-order valence-electron chi connectivity index (χ0n) is 7.03. The Morgan fingerprint density at radius 1 is 1.31 bits per heavy atom. The fourth-order valence-corrected chi connectivity index (χ4v) is 1.39. The molecule has 0 aliphatic heterocycles. The van der Waals surface area contributed by atoms with Crippen molar-refractivity contribution >= 4 is 11.9 Å². The largest absolute Gasteiger partial charge is 0.344 e. The molecule has 0 spiro atoms. The summed E-state index contributed by atoms with van der Waals surface area (Å²) in [6, 6.07) is 7.95. The molecule has 0 atom stereocenters. The first-order valence-electron chi connectivity index (χ1n) is 4.06. The van der Waals surface area contributed by atoms with E-state index in [-0.39, 0.29) is 0 Å². The fourth-order valence-electron chi connectivity index (χ4n) is 1.39. The Hall–Kier alpha value is -1.77. The molecule has 1 amide bonds. The molecule has 2 aromatic rings. The van der Waals surface area contributed by atoms with E-state index in [1.807, 2.05) is 41.1 Å². The molecule has 0 bridgehead atoms. The molecule has 13 heavy (non-hydrogen) atoms. The Morgan fingerprint density at radius 2 is 2.23 bits per heavy atom. The van der Waals surface area contributed by atoms with Crippen molar-refractivity contribution in [2.24, 2.45) is 0 Å². The molecule has 0 aromatic carbocycles. The van der Waals surface area contributed by atoms with E-state index in [0.29, 0.717) is 6.54 Å². The van der Waals surface area contributed by atoms with E-state index in [1.54, 1.807) is 6.41 Å². The molecule has 0 unspecified atom stereocenters. The standard InChI is InChI=1S/C10H9N2O/c13-8-11-7-9-4-6-12-5-2-1-3-10(9)12/h1-6H,7H2,(H,11,13). The maximum Gasteiger partial charge on any atom is 0.309 e. The van der Waals surface area contributed by atoms with Crippen LogP contribution in [-0.2, 0) is 11.3 Å². The smallest absolute Gasteiger partial charge is 0.309 e. The SMILES string of the molecule is O=[C]NCc1ccn2ccccc12. The van der Waals surface area contributed by atoms with Crippen molar-refractivity contribution in [3.8, 4) is 0 Å². The number of aromatic nitrogens is 1. The van der Waals surface area contributed by atoms with Crippen LogP contribution in [0.2, 0.25) is 0 Å². The number of hydrogen-bond donors (Lipinski definition) is 1. The summed E-state index contributed by atoms with van der Waals surface area (Å²) in [5.41, 5.74) is 2.22. The van der Waals surface area contributed by atoms with Gasteiger partial charge >= 0.3 is 6.41 Å². The van der Waals surface area contributed by atoms with Crippen LogP contribution < -0.4 is 5.32 Å². The first-order chi connectivity index (χ1) is 6.42. The van der Waals surface area contributed by atoms with E-state index in [2.05, 4.69) is 5.32 Å². The predicted molar refractivity (Wildman–Crippen MR) is 49.9 cm³/mol. The van der Waals surface area contributed by atoms with Gasteiger partial charge < -0.3 is 9.72 Å². The molecule has 65 valence electrons. The minimum atomic E-state index is 0.532. The summed E-state index contributed by atoms with van der Waals surface area (Å²) in [7, 11) is 0. The molecule has 0 fully saturated rings. The summed E-state index contributed by atoms with van der Waals surface area (Å²) in [6.07, 6.45) is 5.61. The van der Waals surface area contributed by atoms with Gasteiger partial charge in [-0.05, 0) is 23.8 Å². The first-order valence-corrected chi connectivity index (χ1v) is 4.06. The van der Waals surface area contributed by atoms with Crippen LogP contribution in [0.15, 0.2) is 36.7 Å². The van der Waals surface area contributed by atoms with Crippen molar-refractivity contribution in [2.75, 3.05) is 0 Å². The number of nitrogens with zero attached hydrogens (tertiary/aromatic N) is 1. The molecule has 0 saturated carbocycles. The van der Waals surface area contributed by atoms with E-state index < -0.39 is 0 Å². The Morgan fingerprint density at radius 3 is 3.08 bits per heavy atom. The molecule has 0 aliphatic rings. The van der Waals surface area contributed by atoms with Crippen LogP contribution in [0.5, 0.6) is 0 Å². The second-order valence-electron chi connectivity index (χ2n) is 2.79. The van der Waals surface area contributed by atoms with E-state index >= 15 is 0 Å². The Bertz CT molecular complexity index is 420. The van der Waals surface area contributed by atoms with E-state index in [9.17, 15) is 4.79 Å². The van der Waals surface area contributed by atoms with Crippen LogP contribution in [0.3, 0.4) is 0 Å². The van der Waals surface area contributed by atoms with Crippen LogP contribution >= 0.6 is 0 Å². The molecule has 0 aliphatic carbocycles. The van der Waals surface area contributed by atoms with Crippen LogP contribution in [0.25, 0.3) is 5.52 Å². The fraction of sp³-hybridized carbons (Fsp3) is 0.100. The van der Waals surface area contributed by atoms with Crippen molar-refractivity contribution in [1.29, 1.82) is 0 Å². The minimum Gasteiger partial charge on any atom is -0.344 e. The Balaban J connectivity index is 2.40. The molecular formula is C10H9N2O. The van der Waals surface area contributed by atoms with Crippen molar-refractivity contribution in [2.45, 2.75) is 6.54 Å². The zero-order valence-corrected chi connectivity index (χ0v) is 7.03.